The van der Waals surface area contributed by atoms with Crippen LogP contribution >= 0.6 is 11.8 Å². The maximum Gasteiger partial charge on any atom is 0.302 e. The van der Waals surface area contributed by atoms with Crippen LogP contribution in [0.25, 0.3) is 0 Å². The van der Waals surface area contributed by atoms with E-state index >= 15 is 0 Å². The van der Waals surface area contributed by atoms with E-state index in [0.717, 1.165) is 24.2 Å². The number of thioether (sulfide) groups is 1. The zero-order valence-corrected chi connectivity index (χ0v) is 21.5. The fourth-order valence-corrected chi connectivity index (χ4v) is 5.53. The topological polar surface area (TPSA) is 103 Å². The number of hydrogen-bond donors (Lipinski definition) is 1. The Bertz CT molecular complexity index is 1190. The molecular weight excluding hydrogens is 502 g/mol. The Kier molecular flexibility index (Phi) is 7.26. The number of ether oxygens (including phenoxy) is 3. The lowest BCUT2D eigenvalue weighted by molar-refractivity contribution is -0.159. The minimum atomic E-state index is -3.79. The maximum absolute atomic E-state index is 14.1. The first-order valence-electron chi connectivity index (χ1n) is 11.1. The summed E-state index contributed by atoms with van der Waals surface area (Å²) in [6, 6.07) is 5.29. The van der Waals surface area contributed by atoms with E-state index in [1.165, 1.54) is 22.5 Å². The maximum atomic E-state index is 14.1. The largest absolute Gasteiger partial charge is 0.469 e. The van der Waals surface area contributed by atoms with Crippen LogP contribution in [-0.2, 0) is 25.4 Å². The van der Waals surface area contributed by atoms with Gasteiger partial charge in [0, 0.05) is 30.5 Å². The summed E-state index contributed by atoms with van der Waals surface area (Å²) in [6.07, 6.45) is 0.374. The summed E-state index contributed by atoms with van der Waals surface area (Å²) in [5.74, 6) is -2.53. The van der Waals surface area contributed by atoms with Gasteiger partial charge >= 0.3 is 10.2 Å². The van der Waals surface area contributed by atoms with Crippen LogP contribution in [0.3, 0.4) is 0 Å². The van der Waals surface area contributed by atoms with E-state index in [4.69, 9.17) is 14.2 Å². The third kappa shape index (κ3) is 6.20. The normalized spacial score (nSPS) is 20.5. The van der Waals surface area contributed by atoms with Gasteiger partial charge in [0.15, 0.2) is 22.6 Å². The number of anilines is 1. The number of hydrogen-bond acceptors (Lipinski definition) is 8. The number of halogens is 2. The van der Waals surface area contributed by atoms with Gasteiger partial charge < -0.3 is 14.2 Å². The van der Waals surface area contributed by atoms with Crippen molar-refractivity contribution in [2.24, 2.45) is 0 Å². The molecule has 1 N–H and O–H groups in total. The van der Waals surface area contributed by atoms with Gasteiger partial charge in [0.05, 0.1) is 6.61 Å². The molecule has 2 aliphatic rings. The lowest BCUT2D eigenvalue weighted by atomic mass is 10.0. The van der Waals surface area contributed by atoms with E-state index in [2.05, 4.69) is 14.7 Å². The van der Waals surface area contributed by atoms with Crippen LogP contribution in [0.1, 0.15) is 39.7 Å². The first-order chi connectivity index (χ1) is 16.3. The highest BCUT2D eigenvalue weighted by Crippen LogP contribution is 2.33. The molecule has 0 radical (unpaired) electrons. The Balaban J connectivity index is 1.58. The molecule has 2 aliphatic heterocycles. The second kappa shape index (κ2) is 9.77. The van der Waals surface area contributed by atoms with Gasteiger partial charge in [-0.05, 0) is 40.2 Å². The second-order valence-electron chi connectivity index (χ2n) is 9.26. The Morgan fingerprint density at radius 1 is 1.29 bits per heavy atom. The van der Waals surface area contributed by atoms with Gasteiger partial charge in [-0.25, -0.2) is 13.8 Å². The van der Waals surface area contributed by atoms with E-state index in [9.17, 15) is 17.2 Å². The smallest absolute Gasteiger partial charge is 0.302 e. The highest BCUT2D eigenvalue weighted by atomic mass is 32.2. The molecule has 2 fully saturated rings. The molecule has 35 heavy (non-hydrogen) atoms. The molecule has 192 valence electrons. The van der Waals surface area contributed by atoms with E-state index in [1.807, 2.05) is 13.8 Å². The van der Waals surface area contributed by atoms with E-state index in [-0.39, 0.29) is 28.2 Å². The molecule has 0 amide bonds. The van der Waals surface area contributed by atoms with Gasteiger partial charge in [0.25, 0.3) is 0 Å². The summed E-state index contributed by atoms with van der Waals surface area (Å²) in [5, 5.41) is 0.132. The zero-order chi connectivity index (χ0) is 25.4. The Labute approximate surface area is 207 Å². The fourth-order valence-electron chi connectivity index (χ4n) is 3.46. The van der Waals surface area contributed by atoms with Gasteiger partial charge in [0.2, 0.25) is 5.88 Å². The number of nitrogens with zero attached hydrogens (tertiary/aromatic N) is 3. The van der Waals surface area contributed by atoms with Crippen LogP contribution in [-0.4, -0.2) is 59.9 Å². The summed E-state index contributed by atoms with van der Waals surface area (Å²) in [7, 11) is -3.79. The summed E-state index contributed by atoms with van der Waals surface area (Å²) < 4.78 is 74.3. The van der Waals surface area contributed by atoms with Gasteiger partial charge in [-0.2, -0.15) is 17.7 Å². The third-order valence-corrected chi connectivity index (χ3v) is 8.02. The zero-order valence-electron chi connectivity index (χ0n) is 19.9. The number of rotatable bonds is 9. The summed E-state index contributed by atoms with van der Waals surface area (Å²) in [5.41, 5.74) is -0.751. The van der Waals surface area contributed by atoms with Crippen molar-refractivity contribution in [1.82, 2.24) is 14.3 Å². The molecule has 1 atom stereocenters. The number of aromatic nitrogens is 2. The minimum absolute atomic E-state index is 0.00355. The molecule has 4 rings (SSSR count). The molecule has 2 saturated heterocycles. The van der Waals surface area contributed by atoms with Crippen molar-refractivity contribution in [3.8, 4) is 5.88 Å². The third-order valence-electron chi connectivity index (χ3n) is 5.61. The SMILES string of the molecule is CC1(C)OCC(C(C)(C)Oc2cc(NS(=O)(=O)N3CCC3)nc(SCc3cccc(F)c3F)n2)O1. The van der Waals surface area contributed by atoms with Crippen LogP contribution in [0.5, 0.6) is 5.88 Å². The van der Waals surface area contributed by atoms with E-state index in [1.54, 1.807) is 13.8 Å². The van der Waals surface area contributed by atoms with Crippen molar-refractivity contribution in [3.05, 3.63) is 41.5 Å². The average Bonchev–Trinajstić information content (AvgIpc) is 3.07. The van der Waals surface area contributed by atoms with Crippen LogP contribution < -0.4 is 9.46 Å². The van der Waals surface area contributed by atoms with Gasteiger partial charge in [-0.1, -0.05) is 23.9 Å². The number of nitrogens with one attached hydrogen (secondary N) is 1. The molecule has 0 aliphatic carbocycles. The van der Waals surface area contributed by atoms with E-state index in [0.29, 0.717) is 19.7 Å². The van der Waals surface area contributed by atoms with Crippen LogP contribution in [0.4, 0.5) is 14.6 Å². The molecule has 13 heteroatoms. The Morgan fingerprint density at radius 3 is 2.66 bits per heavy atom. The quantitative estimate of drug-likeness (QED) is 0.387. The summed E-state index contributed by atoms with van der Waals surface area (Å²) in [4.78, 5) is 8.63. The van der Waals surface area contributed by atoms with Crippen LogP contribution in [0, 0.1) is 11.6 Å². The van der Waals surface area contributed by atoms with Crippen molar-refractivity contribution in [2.75, 3.05) is 24.4 Å². The van der Waals surface area contributed by atoms with Gasteiger partial charge in [-0.3, -0.25) is 4.72 Å². The Hall–Kier alpha value is -2.06. The van der Waals surface area contributed by atoms with Crippen molar-refractivity contribution in [1.29, 1.82) is 0 Å². The molecule has 1 aromatic heterocycles. The highest BCUT2D eigenvalue weighted by Gasteiger charge is 2.43. The fraction of sp³-hybridized carbons (Fsp3) is 0.545. The molecule has 0 saturated carbocycles. The average molecular weight is 531 g/mol. The van der Waals surface area contributed by atoms with Crippen molar-refractivity contribution >= 4 is 27.8 Å². The molecule has 2 aromatic rings. The molecular formula is C22H28F2N4O5S2. The first-order valence-corrected chi connectivity index (χ1v) is 13.5. The van der Waals surface area contributed by atoms with Crippen molar-refractivity contribution in [3.63, 3.8) is 0 Å². The summed E-state index contributed by atoms with van der Waals surface area (Å²) in [6.45, 7) is 8.37. The molecule has 1 unspecified atom stereocenters. The van der Waals surface area contributed by atoms with Gasteiger partial charge in [-0.15, -0.1) is 0 Å². The first kappa shape index (κ1) is 26.0. The molecule has 1 aromatic carbocycles. The predicted molar refractivity (Wildman–Crippen MR) is 126 cm³/mol. The highest BCUT2D eigenvalue weighted by molar-refractivity contribution is 7.98. The molecule has 0 bridgehead atoms. The lowest BCUT2D eigenvalue weighted by Crippen LogP contribution is -2.45. The van der Waals surface area contributed by atoms with Gasteiger partial charge in [0.1, 0.15) is 17.5 Å². The standard InChI is InChI=1S/C22H28F2N4O5S2/c1-21(2,16-12-31-22(3,4)32-16)33-18-11-17(27-35(29,30)28-9-6-10-28)25-20(26-18)34-13-14-7-5-8-15(23)19(14)24/h5,7-8,11,16H,6,9-10,12-13H2,1-4H3,(H,25,26,27). The molecule has 0 spiro atoms. The molecule has 9 nitrogen and oxygen atoms in total. The molecule has 3 heterocycles. The monoisotopic (exact) mass is 530 g/mol. The predicted octanol–water partition coefficient (Wildman–Crippen LogP) is 3.72. The minimum Gasteiger partial charge on any atom is -0.469 e. The second-order valence-corrected chi connectivity index (χ2v) is 11.9. The number of benzene rings is 1. The van der Waals surface area contributed by atoms with Crippen molar-refractivity contribution in [2.45, 2.75) is 62.5 Å². The Morgan fingerprint density at radius 2 is 2.03 bits per heavy atom. The van der Waals surface area contributed by atoms with Crippen molar-refractivity contribution < 1.29 is 31.4 Å². The van der Waals surface area contributed by atoms with E-state index < -0.39 is 39.3 Å². The van der Waals surface area contributed by atoms with Crippen LogP contribution in [0.2, 0.25) is 0 Å². The summed E-state index contributed by atoms with van der Waals surface area (Å²) >= 11 is 1.02. The van der Waals surface area contributed by atoms with Crippen LogP contribution in [0.15, 0.2) is 29.4 Å². The lowest BCUT2D eigenvalue weighted by Gasteiger charge is -2.32.